The van der Waals surface area contributed by atoms with E-state index in [4.69, 9.17) is 4.42 Å². The van der Waals surface area contributed by atoms with E-state index in [2.05, 4.69) is 26.7 Å². The average Bonchev–Trinajstić information content (AvgIpc) is 3.08. The molecule has 1 atom stereocenters. The molecule has 0 spiro atoms. The predicted octanol–water partition coefficient (Wildman–Crippen LogP) is 3.35. The average molecular weight is 320 g/mol. The number of hydrogen-bond donors (Lipinski definition) is 0. The first-order valence-electron chi connectivity index (χ1n) is 7.93. The molecule has 0 aromatic carbocycles. The Bertz CT molecular complexity index is 621. The summed E-state index contributed by atoms with van der Waals surface area (Å²) in [6.45, 7) is 3.19. The predicted molar refractivity (Wildman–Crippen MR) is 89.1 cm³/mol. The van der Waals surface area contributed by atoms with Crippen LogP contribution in [0.25, 0.3) is 11.4 Å². The van der Waals surface area contributed by atoms with Crippen LogP contribution in [0.4, 0.5) is 0 Å². The topological polar surface area (TPSA) is 47.1 Å². The maximum absolute atomic E-state index is 5.36. The highest BCUT2D eigenvalue weighted by atomic mass is 32.2. The fraction of sp³-hybridized carbons (Fsp3) is 0.625. The summed E-state index contributed by atoms with van der Waals surface area (Å²) in [5.74, 6) is 2.85. The van der Waals surface area contributed by atoms with Crippen LogP contribution < -0.4 is 0 Å². The fourth-order valence-electron chi connectivity index (χ4n) is 3.09. The Balaban J connectivity index is 1.60. The molecule has 22 heavy (non-hydrogen) atoms. The van der Waals surface area contributed by atoms with Gasteiger partial charge >= 0.3 is 0 Å². The molecule has 2 aromatic rings. The van der Waals surface area contributed by atoms with Crippen LogP contribution in [0.2, 0.25) is 0 Å². The van der Waals surface area contributed by atoms with Gasteiger partial charge in [0.25, 0.3) is 0 Å². The molecule has 2 aromatic heterocycles. The zero-order chi connectivity index (χ0) is 15.5. The van der Waals surface area contributed by atoms with E-state index in [1.165, 1.54) is 32.2 Å². The number of thioether (sulfide) groups is 1. The standard InChI is InChI=1S/C16H24N4OS/c1-12-14(7-10-21-12)15-17-18-16(20(15)3)22-11-8-13-6-4-5-9-19(13)2/h7,10,13H,4-6,8-9,11H2,1-3H3/t13-/m1/s1. The van der Waals surface area contributed by atoms with Crippen molar-refractivity contribution in [2.45, 2.75) is 43.8 Å². The van der Waals surface area contributed by atoms with Crippen molar-refractivity contribution in [1.29, 1.82) is 0 Å². The number of nitrogens with zero attached hydrogens (tertiary/aromatic N) is 4. The van der Waals surface area contributed by atoms with Gasteiger partial charge in [-0.05, 0) is 45.8 Å². The quantitative estimate of drug-likeness (QED) is 0.791. The van der Waals surface area contributed by atoms with Crippen molar-refractivity contribution >= 4 is 11.8 Å². The Labute approximate surface area is 136 Å². The normalized spacial score (nSPS) is 19.7. The van der Waals surface area contributed by atoms with Crippen molar-refractivity contribution < 1.29 is 4.42 Å². The lowest BCUT2D eigenvalue weighted by molar-refractivity contribution is 0.182. The Morgan fingerprint density at radius 1 is 1.32 bits per heavy atom. The summed E-state index contributed by atoms with van der Waals surface area (Å²) in [5, 5.41) is 9.64. The summed E-state index contributed by atoms with van der Waals surface area (Å²) >= 11 is 1.80. The molecule has 1 fully saturated rings. The van der Waals surface area contributed by atoms with Crippen molar-refractivity contribution in [2.24, 2.45) is 7.05 Å². The Kier molecular flexibility index (Phi) is 4.88. The zero-order valence-corrected chi connectivity index (χ0v) is 14.4. The highest BCUT2D eigenvalue weighted by Gasteiger charge is 2.19. The second kappa shape index (κ2) is 6.87. The minimum absolute atomic E-state index is 0.727. The first-order chi connectivity index (χ1) is 10.7. The molecule has 6 heteroatoms. The molecule has 0 N–H and O–H groups in total. The first-order valence-corrected chi connectivity index (χ1v) is 8.92. The van der Waals surface area contributed by atoms with E-state index in [0.29, 0.717) is 0 Å². The second-order valence-corrected chi connectivity index (χ2v) is 7.09. The van der Waals surface area contributed by atoms with Crippen LogP contribution in [0.5, 0.6) is 0 Å². The van der Waals surface area contributed by atoms with Crippen LogP contribution in [0.15, 0.2) is 21.9 Å². The number of piperidine rings is 1. The lowest BCUT2D eigenvalue weighted by atomic mass is 10.0. The van der Waals surface area contributed by atoms with E-state index in [0.717, 1.165) is 34.1 Å². The maximum atomic E-state index is 5.36. The highest BCUT2D eigenvalue weighted by Crippen LogP contribution is 2.27. The molecule has 1 aliphatic rings. The van der Waals surface area contributed by atoms with Crippen molar-refractivity contribution in [1.82, 2.24) is 19.7 Å². The summed E-state index contributed by atoms with van der Waals surface area (Å²) in [6, 6.07) is 2.68. The molecule has 0 radical (unpaired) electrons. The third kappa shape index (κ3) is 3.22. The summed E-state index contributed by atoms with van der Waals surface area (Å²) in [4.78, 5) is 2.50. The number of aryl methyl sites for hydroxylation is 1. The molecule has 120 valence electrons. The van der Waals surface area contributed by atoms with Crippen molar-refractivity contribution in [3.8, 4) is 11.4 Å². The van der Waals surface area contributed by atoms with Crippen LogP contribution in [-0.4, -0.2) is 45.1 Å². The van der Waals surface area contributed by atoms with E-state index in [1.54, 1.807) is 18.0 Å². The van der Waals surface area contributed by atoms with Gasteiger partial charge in [0, 0.05) is 18.8 Å². The Morgan fingerprint density at radius 2 is 2.18 bits per heavy atom. The van der Waals surface area contributed by atoms with Gasteiger partial charge in [0.15, 0.2) is 11.0 Å². The monoisotopic (exact) mass is 320 g/mol. The van der Waals surface area contributed by atoms with Crippen LogP contribution >= 0.6 is 11.8 Å². The molecular formula is C16H24N4OS. The van der Waals surface area contributed by atoms with Gasteiger partial charge in [-0.3, -0.25) is 0 Å². The third-order valence-electron chi connectivity index (χ3n) is 4.54. The van der Waals surface area contributed by atoms with Gasteiger partial charge in [-0.2, -0.15) is 0 Å². The molecule has 0 saturated carbocycles. The van der Waals surface area contributed by atoms with E-state index in [-0.39, 0.29) is 0 Å². The molecule has 3 rings (SSSR count). The molecule has 3 heterocycles. The van der Waals surface area contributed by atoms with E-state index in [1.807, 2.05) is 20.0 Å². The van der Waals surface area contributed by atoms with Gasteiger partial charge in [-0.15, -0.1) is 10.2 Å². The molecule has 0 unspecified atom stereocenters. The smallest absolute Gasteiger partial charge is 0.191 e. The van der Waals surface area contributed by atoms with Gasteiger partial charge in [0.05, 0.1) is 11.8 Å². The molecule has 0 bridgehead atoms. The fourth-order valence-corrected chi connectivity index (χ4v) is 4.04. The molecule has 5 nitrogen and oxygen atoms in total. The SMILES string of the molecule is Cc1occc1-c1nnc(SCC[C@H]2CCCCN2C)n1C. The van der Waals surface area contributed by atoms with Crippen molar-refractivity contribution in [3.63, 3.8) is 0 Å². The third-order valence-corrected chi connectivity index (χ3v) is 5.59. The van der Waals surface area contributed by atoms with Crippen LogP contribution in [0.3, 0.4) is 0 Å². The van der Waals surface area contributed by atoms with Crippen LogP contribution in [-0.2, 0) is 7.05 Å². The molecule has 0 amide bonds. The second-order valence-electron chi connectivity index (χ2n) is 6.02. The van der Waals surface area contributed by atoms with E-state index in [9.17, 15) is 0 Å². The zero-order valence-electron chi connectivity index (χ0n) is 13.6. The number of likely N-dealkylation sites (tertiary alicyclic amines) is 1. The van der Waals surface area contributed by atoms with Crippen molar-refractivity contribution in [3.05, 3.63) is 18.1 Å². The van der Waals surface area contributed by atoms with Gasteiger partial charge in [-0.25, -0.2) is 0 Å². The minimum Gasteiger partial charge on any atom is -0.469 e. The van der Waals surface area contributed by atoms with Gasteiger partial charge in [0.1, 0.15) is 5.76 Å². The number of hydrogen-bond acceptors (Lipinski definition) is 5. The lowest BCUT2D eigenvalue weighted by Crippen LogP contribution is -2.36. The van der Waals surface area contributed by atoms with Gasteiger partial charge in [-0.1, -0.05) is 18.2 Å². The Hall–Kier alpha value is -1.27. The number of furan rings is 1. The lowest BCUT2D eigenvalue weighted by Gasteiger charge is -2.32. The number of aromatic nitrogens is 3. The molecule has 1 saturated heterocycles. The van der Waals surface area contributed by atoms with Crippen LogP contribution in [0, 0.1) is 6.92 Å². The highest BCUT2D eigenvalue weighted by molar-refractivity contribution is 7.99. The van der Waals surface area contributed by atoms with E-state index >= 15 is 0 Å². The van der Waals surface area contributed by atoms with Gasteiger partial charge in [0.2, 0.25) is 0 Å². The maximum Gasteiger partial charge on any atom is 0.191 e. The molecule has 1 aliphatic heterocycles. The first kappa shape index (κ1) is 15.6. The van der Waals surface area contributed by atoms with Gasteiger partial charge < -0.3 is 13.9 Å². The van der Waals surface area contributed by atoms with Crippen molar-refractivity contribution in [2.75, 3.05) is 19.3 Å². The van der Waals surface area contributed by atoms with Crippen LogP contribution in [0.1, 0.15) is 31.4 Å². The summed E-state index contributed by atoms with van der Waals surface area (Å²) in [5.41, 5.74) is 1.02. The minimum atomic E-state index is 0.727. The Morgan fingerprint density at radius 3 is 2.91 bits per heavy atom. The molecular weight excluding hydrogens is 296 g/mol. The summed E-state index contributed by atoms with van der Waals surface area (Å²) < 4.78 is 7.42. The summed E-state index contributed by atoms with van der Waals surface area (Å²) in [6.07, 6.45) is 6.96. The summed E-state index contributed by atoms with van der Waals surface area (Å²) in [7, 11) is 4.27. The van der Waals surface area contributed by atoms with E-state index < -0.39 is 0 Å². The largest absolute Gasteiger partial charge is 0.469 e. The molecule has 0 aliphatic carbocycles. The number of rotatable bonds is 5.